The number of hydrogen-bond acceptors (Lipinski definition) is 10. The fourth-order valence-electron chi connectivity index (χ4n) is 4.08. The van der Waals surface area contributed by atoms with Gasteiger partial charge in [0.15, 0.2) is 0 Å². The van der Waals surface area contributed by atoms with Crippen LogP contribution >= 0.6 is 0 Å². The molecule has 252 valence electrons. The molecule has 0 bridgehead atoms. The van der Waals surface area contributed by atoms with Crippen LogP contribution in [0, 0.1) is 0 Å². The SMILES string of the molecule is C[C@H](NOCC(=O)N1CCN(c2ncc(C(F)(F)F)cn2)CC1)[C@H](C)Nc1cnn(COCC[Si](C)(C)C)c(=O)c1C(F)(F)F. The molecule has 2 aromatic heterocycles. The molecule has 45 heavy (non-hydrogen) atoms. The topological polar surface area (TPSA) is 127 Å². The summed E-state index contributed by atoms with van der Waals surface area (Å²) in [6.07, 6.45) is -7.16. The summed E-state index contributed by atoms with van der Waals surface area (Å²) in [6.45, 7) is 10.2. The Morgan fingerprint density at radius 3 is 2.16 bits per heavy atom. The Balaban J connectivity index is 1.48. The number of carbonyl (C=O) groups excluding carboxylic acids is 1. The molecule has 12 nitrogen and oxygen atoms in total. The Bertz CT molecular complexity index is 1330. The number of amides is 1. The van der Waals surface area contributed by atoms with E-state index < -0.39 is 61.6 Å². The number of piperazine rings is 1. The first-order chi connectivity index (χ1) is 20.9. The van der Waals surface area contributed by atoms with Gasteiger partial charge in [0, 0.05) is 65.3 Å². The lowest BCUT2D eigenvalue weighted by Gasteiger charge is -2.34. The van der Waals surface area contributed by atoms with Crippen LogP contribution in [0.4, 0.5) is 38.0 Å². The first kappa shape index (κ1) is 36.2. The van der Waals surface area contributed by atoms with E-state index in [-0.39, 0.29) is 31.6 Å². The van der Waals surface area contributed by atoms with Crippen molar-refractivity contribution in [2.24, 2.45) is 0 Å². The van der Waals surface area contributed by atoms with Gasteiger partial charge in [-0.1, -0.05) is 19.6 Å². The Labute approximate surface area is 257 Å². The summed E-state index contributed by atoms with van der Waals surface area (Å²) in [7, 11) is -1.43. The Morgan fingerprint density at radius 2 is 1.60 bits per heavy atom. The number of halogens is 6. The second-order valence-corrected chi connectivity index (χ2v) is 17.5. The molecule has 3 heterocycles. The number of aromatic nitrogens is 4. The smallest absolute Gasteiger partial charge is 0.379 e. The van der Waals surface area contributed by atoms with Crippen LogP contribution in [0.3, 0.4) is 0 Å². The number of hydrogen-bond donors (Lipinski definition) is 2. The third kappa shape index (κ3) is 10.6. The van der Waals surface area contributed by atoms with Crippen molar-refractivity contribution in [1.82, 2.24) is 30.1 Å². The van der Waals surface area contributed by atoms with Gasteiger partial charge in [-0.05, 0) is 19.9 Å². The van der Waals surface area contributed by atoms with Crippen LogP contribution in [0.1, 0.15) is 25.0 Å². The maximum atomic E-state index is 13.9. The van der Waals surface area contributed by atoms with Gasteiger partial charge in [0.05, 0.1) is 17.4 Å². The molecule has 1 saturated heterocycles. The number of rotatable bonds is 13. The van der Waals surface area contributed by atoms with Crippen molar-refractivity contribution in [3.8, 4) is 0 Å². The molecule has 0 radical (unpaired) electrons. The molecule has 1 fully saturated rings. The van der Waals surface area contributed by atoms with Crippen molar-refractivity contribution in [3.05, 3.63) is 40.1 Å². The van der Waals surface area contributed by atoms with E-state index in [9.17, 15) is 35.9 Å². The largest absolute Gasteiger partial charge is 0.423 e. The Morgan fingerprint density at radius 1 is 0.978 bits per heavy atom. The van der Waals surface area contributed by atoms with Gasteiger partial charge in [0.2, 0.25) is 5.95 Å². The zero-order valence-electron chi connectivity index (χ0n) is 25.6. The first-order valence-electron chi connectivity index (χ1n) is 14.2. The van der Waals surface area contributed by atoms with Crippen molar-refractivity contribution in [3.63, 3.8) is 0 Å². The summed E-state index contributed by atoms with van der Waals surface area (Å²) in [6, 6.07) is -0.528. The molecule has 0 spiro atoms. The molecule has 1 amide bonds. The van der Waals surface area contributed by atoms with E-state index in [2.05, 4.69) is 45.5 Å². The van der Waals surface area contributed by atoms with Crippen molar-refractivity contribution in [1.29, 1.82) is 0 Å². The van der Waals surface area contributed by atoms with E-state index in [0.29, 0.717) is 36.8 Å². The van der Waals surface area contributed by atoms with Gasteiger partial charge in [-0.2, -0.15) is 36.9 Å². The quantitative estimate of drug-likeness (QED) is 0.142. The second-order valence-electron chi connectivity index (χ2n) is 11.8. The average Bonchev–Trinajstić information content (AvgIpc) is 2.94. The maximum absolute atomic E-state index is 13.9. The minimum Gasteiger partial charge on any atom is -0.379 e. The van der Waals surface area contributed by atoms with Crippen molar-refractivity contribution < 1.29 is 40.7 Å². The summed E-state index contributed by atoms with van der Waals surface area (Å²) < 4.78 is 85.9. The molecule has 1 aliphatic rings. The number of nitrogens with zero attached hydrogens (tertiary/aromatic N) is 6. The van der Waals surface area contributed by atoms with Crippen LogP contribution in [0.2, 0.25) is 25.7 Å². The first-order valence-corrected chi connectivity index (χ1v) is 17.9. The number of alkyl halides is 6. The summed E-state index contributed by atoms with van der Waals surface area (Å²) in [4.78, 5) is 41.2. The zero-order valence-corrected chi connectivity index (χ0v) is 26.6. The second kappa shape index (κ2) is 14.9. The molecule has 19 heteroatoms. The molecule has 0 unspecified atom stereocenters. The molecular formula is C26H38F6N8O4Si. The predicted octanol–water partition coefficient (Wildman–Crippen LogP) is 3.44. The van der Waals surface area contributed by atoms with Crippen LogP contribution in [-0.4, -0.2) is 90.1 Å². The molecule has 0 aromatic carbocycles. The highest BCUT2D eigenvalue weighted by atomic mass is 28.3. The molecular weight excluding hydrogens is 630 g/mol. The van der Waals surface area contributed by atoms with E-state index in [1.54, 1.807) is 18.7 Å². The number of nitrogens with one attached hydrogen (secondary N) is 2. The zero-order chi connectivity index (χ0) is 33.6. The van der Waals surface area contributed by atoms with Gasteiger partial charge in [0.1, 0.15) is 18.9 Å². The minimum atomic E-state index is -4.95. The van der Waals surface area contributed by atoms with E-state index in [4.69, 9.17) is 9.57 Å². The van der Waals surface area contributed by atoms with Gasteiger partial charge in [-0.3, -0.25) is 14.4 Å². The standard InChI is InChI=1S/C26H38F6N8O4Si/c1-17(36-20-14-35-40(16-43-10-11-45(3,4)5)23(42)22(20)26(30,31)32)18(2)37-44-15-21(41)38-6-8-39(9-7-38)24-33-12-19(13-34-24)25(27,28)29/h12-14,17-18,36-37H,6-11,15-16H2,1-5H3/t17-,18-/m0/s1. The van der Waals surface area contributed by atoms with Crippen molar-refractivity contribution >= 4 is 25.6 Å². The molecule has 1 aliphatic heterocycles. The fraction of sp³-hybridized carbons (Fsp3) is 0.654. The number of anilines is 2. The summed E-state index contributed by atoms with van der Waals surface area (Å²) >= 11 is 0. The normalized spacial score (nSPS) is 16.1. The van der Waals surface area contributed by atoms with Gasteiger partial charge in [-0.15, -0.1) is 0 Å². The number of hydroxylamine groups is 1. The Kier molecular flexibility index (Phi) is 12.0. The molecule has 0 saturated carbocycles. The fourth-order valence-corrected chi connectivity index (χ4v) is 4.84. The predicted molar refractivity (Wildman–Crippen MR) is 155 cm³/mol. The lowest BCUT2D eigenvalue weighted by atomic mass is 10.1. The van der Waals surface area contributed by atoms with Crippen LogP contribution in [0.25, 0.3) is 0 Å². The lowest BCUT2D eigenvalue weighted by Crippen LogP contribution is -2.51. The van der Waals surface area contributed by atoms with E-state index in [1.165, 1.54) is 4.90 Å². The van der Waals surface area contributed by atoms with E-state index in [1.807, 2.05) is 0 Å². The third-order valence-corrected chi connectivity index (χ3v) is 8.72. The third-order valence-electron chi connectivity index (χ3n) is 7.02. The molecule has 2 N–H and O–H groups in total. The van der Waals surface area contributed by atoms with Crippen molar-refractivity contribution in [2.75, 3.05) is 49.6 Å². The van der Waals surface area contributed by atoms with E-state index in [0.717, 1.165) is 12.2 Å². The maximum Gasteiger partial charge on any atom is 0.423 e. The minimum absolute atomic E-state index is 0.121. The summed E-state index contributed by atoms with van der Waals surface area (Å²) in [5.41, 5.74) is -1.57. The monoisotopic (exact) mass is 668 g/mol. The highest BCUT2D eigenvalue weighted by Gasteiger charge is 2.39. The number of carbonyl (C=O) groups is 1. The number of ether oxygens (including phenoxy) is 1. The van der Waals surface area contributed by atoms with E-state index >= 15 is 0 Å². The van der Waals surface area contributed by atoms with Crippen LogP contribution in [0.15, 0.2) is 23.4 Å². The molecule has 2 atom stereocenters. The summed E-state index contributed by atoms with van der Waals surface area (Å²) in [5.74, 6) is -0.252. The van der Waals surface area contributed by atoms with Crippen LogP contribution in [0.5, 0.6) is 0 Å². The van der Waals surface area contributed by atoms with Gasteiger partial charge in [0.25, 0.3) is 11.5 Å². The lowest BCUT2D eigenvalue weighted by molar-refractivity contribution is -0.140. The van der Waals surface area contributed by atoms with Crippen molar-refractivity contribution in [2.45, 2.75) is 70.7 Å². The van der Waals surface area contributed by atoms with Gasteiger partial charge in [-0.25, -0.2) is 14.6 Å². The average molecular weight is 669 g/mol. The molecule has 3 rings (SSSR count). The van der Waals surface area contributed by atoms with Gasteiger partial charge >= 0.3 is 12.4 Å². The molecule has 2 aromatic rings. The summed E-state index contributed by atoms with van der Waals surface area (Å²) in [5, 5.41) is 6.50. The highest BCUT2D eigenvalue weighted by Crippen LogP contribution is 2.32. The molecule has 0 aliphatic carbocycles. The van der Waals surface area contributed by atoms with Gasteiger partial charge < -0.3 is 19.9 Å². The highest BCUT2D eigenvalue weighted by molar-refractivity contribution is 6.76. The van der Waals surface area contributed by atoms with Crippen LogP contribution < -0.4 is 21.3 Å². The Hall–Kier alpha value is -3.29. The van der Waals surface area contributed by atoms with Crippen LogP contribution in [-0.2, 0) is 33.5 Å².